The van der Waals surface area contributed by atoms with Crippen LogP contribution in [0.3, 0.4) is 0 Å². The van der Waals surface area contributed by atoms with E-state index in [4.69, 9.17) is 9.94 Å². The Balaban J connectivity index is 2.08. The first kappa shape index (κ1) is 12.3. The number of oxime groups is 1. The average molecular weight is 261 g/mol. The van der Waals surface area contributed by atoms with Crippen molar-refractivity contribution in [2.24, 2.45) is 5.16 Å². The number of rotatable bonds is 5. The molecule has 4 nitrogen and oxygen atoms in total. The van der Waals surface area contributed by atoms with Gasteiger partial charge in [0.25, 0.3) is 0 Å². The zero-order valence-electron chi connectivity index (χ0n) is 9.45. The first-order chi connectivity index (χ1) is 8.77. The Morgan fingerprint density at radius 3 is 2.61 bits per heavy atom. The van der Waals surface area contributed by atoms with Crippen molar-refractivity contribution in [2.75, 3.05) is 0 Å². The normalized spacial score (nSPS) is 11.2. The van der Waals surface area contributed by atoms with E-state index in [1.807, 2.05) is 23.6 Å². The molecule has 18 heavy (non-hydrogen) atoms. The van der Waals surface area contributed by atoms with Crippen LogP contribution in [0.1, 0.15) is 10.4 Å². The summed E-state index contributed by atoms with van der Waals surface area (Å²) < 4.78 is 0. The smallest absolute Gasteiger partial charge is 0.358 e. The fraction of sp³-hybridized carbons (Fsp3) is 0.0769. The summed E-state index contributed by atoms with van der Waals surface area (Å²) in [4.78, 5) is 17.2. The molecule has 92 valence electrons. The maximum Gasteiger partial charge on any atom is 0.358 e. The van der Waals surface area contributed by atoms with E-state index in [0.717, 1.165) is 4.88 Å². The van der Waals surface area contributed by atoms with E-state index < -0.39 is 5.97 Å². The Hall–Kier alpha value is -2.14. The Morgan fingerprint density at radius 1 is 1.22 bits per heavy atom. The standard InChI is InChI=1S/C13H11NO3S/c15-13(16)12(10-5-2-1-3-6-10)14-17-9-11-7-4-8-18-11/h1-8H,9H2,(H,15,16)/b14-12-. The van der Waals surface area contributed by atoms with Crippen LogP contribution >= 0.6 is 11.3 Å². The summed E-state index contributed by atoms with van der Waals surface area (Å²) in [7, 11) is 0. The molecule has 0 saturated carbocycles. The third-order valence-electron chi connectivity index (χ3n) is 2.19. The number of carboxylic acid groups (broad SMARTS) is 1. The Labute approximate surface area is 108 Å². The lowest BCUT2D eigenvalue weighted by Crippen LogP contribution is -2.14. The van der Waals surface area contributed by atoms with Crippen LogP contribution < -0.4 is 0 Å². The van der Waals surface area contributed by atoms with E-state index in [1.165, 1.54) is 11.3 Å². The van der Waals surface area contributed by atoms with Gasteiger partial charge in [-0.1, -0.05) is 41.6 Å². The number of aliphatic carboxylic acids is 1. The van der Waals surface area contributed by atoms with Crippen LogP contribution in [0.2, 0.25) is 0 Å². The number of nitrogens with zero attached hydrogens (tertiary/aromatic N) is 1. The lowest BCUT2D eigenvalue weighted by molar-refractivity contribution is -0.129. The van der Waals surface area contributed by atoms with Gasteiger partial charge in [-0.05, 0) is 11.4 Å². The summed E-state index contributed by atoms with van der Waals surface area (Å²) in [6.07, 6.45) is 0. The predicted octanol–water partition coefficient (Wildman–Crippen LogP) is 2.75. The molecule has 0 spiro atoms. The molecule has 0 unspecified atom stereocenters. The third kappa shape index (κ3) is 3.18. The minimum atomic E-state index is -1.10. The summed E-state index contributed by atoms with van der Waals surface area (Å²) >= 11 is 1.54. The zero-order chi connectivity index (χ0) is 12.8. The molecule has 0 atom stereocenters. The van der Waals surface area contributed by atoms with Crippen molar-refractivity contribution in [3.05, 3.63) is 58.3 Å². The lowest BCUT2D eigenvalue weighted by atomic mass is 10.1. The second kappa shape index (κ2) is 5.97. The van der Waals surface area contributed by atoms with Crippen LogP contribution in [-0.4, -0.2) is 16.8 Å². The minimum absolute atomic E-state index is 0.0906. The second-order valence-electron chi connectivity index (χ2n) is 3.46. The van der Waals surface area contributed by atoms with Gasteiger partial charge in [0.1, 0.15) is 0 Å². The van der Waals surface area contributed by atoms with E-state index in [2.05, 4.69) is 5.16 Å². The van der Waals surface area contributed by atoms with Gasteiger partial charge in [0.15, 0.2) is 12.3 Å². The molecule has 5 heteroatoms. The molecule has 1 aromatic heterocycles. The lowest BCUT2D eigenvalue weighted by Gasteiger charge is -2.01. The predicted molar refractivity (Wildman–Crippen MR) is 69.7 cm³/mol. The van der Waals surface area contributed by atoms with Gasteiger partial charge < -0.3 is 9.94 Å². The molecule has 0 radical (unpaired) electrons. The highest BCUT2D eigenvalue weighted by atomic mass is 32.1. The van der Waals surface area contributed by atoms with Crippen molar-refractivity contribution >= 4 is 23.0 Å². The van der Waals surface area contributed by atoms with Crippen LogP contribution in [-0.2, 0) is 16.2 Å². The minimum Gasteiger partial charge on any atom is -0.476 e. The summed E-state index contributed by atoms with van der Waals surface area (Å²) in [5.74, 6) is -1.10. The first-order valence-electron chi connectivity index (χ1n) is 5.28. The molecule has 2 aromatic rings. The molecule has 0 aliphatic carbocycles. The van der Waals surface area contributed by atoms with Crippen LogP contribution in [0, 0.1) is 0 Å². The molecule has 0 saturated heterocycles. The maximum absolute atomic E-state index is 11.1. The molecule has 0 aliphatic rings. The first-order valence-corrected chi connectivity index (χ1v) is 6.16. The third-order valence-corrected chi connectivity index (χ3v) is 3.04. The molecular formula is C13H11NO3S. The largest absolute Gasteiger partial charge is 0.476 e. The topological polar surface area (TPSA) is 58.9 Å². The van der Waals surface area contributed by atoms with Crippen molar-refractivity contribution in [3.8, 4) is 0 Å². The molecule has 2 rings (SSSR count). The maximum atomic E-state index is 11.1. The van der Waals surface area contributed by atoms with E-state index in [1.54, 1.807) is 24.3 Å². The highest BCUT2D eigenvalue weighted by Gasteiger charge is 2.12. The fourth-order valence-electron chi connectivity index (χ4n) is 1.37. The van der Waals surface area contributed by atoms with Gasteiger partial charge in [-0.15, -0.1) is 11.3 Å². The molecule has 1 heterocycles. The van der Waals surface area contributed by atoms with Gasteiger partial charge in [0, 0.05) is 10.4 Å². The van der Waals surface area contributed by atoms with Crippen LogP contribution in [0.15, 0.2) is 53.0 Å². The summed E-state index contributed by atoms with van der Waals surface area (Å²) in [6, 6.07) is 12.5. The van der Waals surface area contributed by atoms with Gasteiger partial charge in [-0.3, -0.25) is 0 Å². The zero-order valence-corrected chi connectivity index (χ0v) is 10.3. The van der Waals surface area contributed by atoms with Gasteiger partial charge in [0.05, 0.1) is 0 Å². The number of hydrogen-bond donors (Lipinski definition) is 1. The number of carbonyl (C=O) groups is 1. The van der Waals surface area contributed by atoms with Crippen LogP contribution in [0.25, 0.3) is 0 Å². The molecule has 1 N–H and O–H groups in total. The quantitative estimate of drug-likeness (QED) is 0.665. The molecule has 0 fully saturated rings. The number of benzene rings is 1. The van der Waals surface area contributed by atoms with Crippen LogP contribution in [0.5, 0.6) is 0 Å². The second-order valence-corrected chi connectivity index (χ2v) is 4.50. The Morgan fingerprint density at radius 2 is 2.00 bits per heavy atom. The molecule has 0 aliphatic heterocycles. The average Bonchev–Trinajstić information content (AvgIpc) is 2.88. The van der Waals surface area contributed by atoms with Gasteiger partial charge in [-0.2, -0.15) is 0 Å². The Kier molecular flexibility index (Phi) is 4.09. The van der Waals surface area contributed by atoms with Crippen molar-refractivity contribution in [3.63, 3.8) is 0 Å². The van der Waals surface area contributed by atoms with Crippen LogP contribution in [0.4, 0.5) is 0 Å². The van der Waals surface area contributed by atoms with E-state index in [0.29, 0.717) is 5.56 Å². The SMILES string of the molecule is O=C(O)/C(=N\OCc1cccs1)c1ccccc1. The van der Waals surface area contributed by atoms with Gasteiger partial charge in [-0.25, -0.2) is 4.79 Å². The van der Waals surface area contributed by atoms with E-state index in [9.17, 15) is 4.79 Å². The summed E-state index contributed by atoms with van der Waals surface area (Å²) in [5.41, 5.74) is 0.434. The highest BCUT2D eigenvalue weighted by Crippen LogP contribution is 2.10. The molecule has 0 bridgehead atoms. The monoisotopic (exact) mass is 261 g/mol. The van der Waals surface area contributed by atoms with Crippen molar-refractivity contribution in [1.82, 2.24) is 0 Å². The van der Waals surface area contributed by atoms with Crippen molar-refractivity contribution in [2.45, 2.75) is 6.61 Å². The summed E-state index contributed by atoms with van der Waals surface area (Å²) in [6.45, 7) is 0.279. The molecule has 1 aromatic carbocycles. The highest BCUT2D eigenvalue weighted by molar-refractivity contribution is 7.09. The van der Waals surface area contributed by atoms with Crippen molar-refractivity contribution < 1.29 is 14.7 Å². The molecule has 0 amide bonds. The number of hydrogen-bond acceptors (Lipinski definition) is 4. The Bertz CT molecular complexity index is 535. The van der Waals surface area contributed by atoms with Gasteiger partial charge in [0.2, 0.25) is 0 Å². The fourth-order valence-corrected chi connectivity index (χ4v) is 1.98. The molecular weight excluding hydrogens is 250 g/mol. The van der Waals surface area contributed by atoms with Crippen molar-refractivity contribution in [1.29, 1.82) is 0 Å². The summed E-state index contributed by atoms with van der Waals surface area (Å²) in [5, 5.41) is 14.7. The number of thiophene rings is 1. The van der Waals surface area contributed by atoms with Gasteiger partial charge >= 0.3 is 5.97 Å². The van der Waals surface area contributed by atoms with E-state index in [-0.39, 0.29) is 12.3 Å². The van der Waals surface area contributed by atoms with E-state index >= 15 is 0 Å². The number of carboxylic acids is 1.